The fourth-order valence-electron chi connectivity index (χ4n) is 2.69. The van der Waals surface area contributed by atoms with Gasteiger partial charge in [-0.2, -0.15) is 4.98 Å². The summed E-state index contributed by atoms with van der Waals surface area (Å²) in [6, 6.07) is 0.438. The van der Waals surface area contributed by atoms with E-state index in [0.29, 0.717) is 23.5 Å². The summed E-state index contributed by atoms with van der Waals surface area (Å²) in [5.74, 6) is 2.11. The van der Waals surface area contributed by atoms with Gasteiger partial charge in [0, 0.05) is 6.04 Å². The SMILES string of the molecule is CCC1CCC(Nc2nc(Cl)ncc2N)C1C. The maximum Gasteiger partial charge on any atom is 0.224 e. The summed E-state index contributed by atoms with van der Waals surface area (Å²) in [4.78, 5) is 7.99. The summed E-state index contributed by atoms with van der Waals surface area (Å²) in [5, 5.41) is 3.64. The number of nitrogens with one attached hydrogen (secondary N) is 1. The minimum Gasteiger partial charge on any atom is -0.394 e. The first kappa shape index (κ1) is 12.4. The Morgan fingerprint density at radius 2 is 2.29 bits per heavy atom. The molecule has 1 aliphatic rings. The number of nitrogen functional groups attached to an aromatic ring is 1. The predicted octanol–water partition coefficient (Wildman–Crippen LogP) is 2.95. The molecule has 1 aliphatic carbocycles. The van der Waals surface area contributed by atoms with Gasteiger partial charge < -0.3 is 11.1 Å². The Kier molecular flexibility index (Phi) is 3.72. The summed E-state index contributed by atoms with van der Waals surface area (Å²) < 4.78 is 0. The van der Waals surface area contributed by atoms with Crippen LogP contribution in [0.25, 0.3) is 0 Å². The largest absolute Gasteiger partial charge is 0.394 e. The first-order chi connectivity index (χ1) is 8.11. The van der Waals surface area contributed by atoms with E-state index in [4.69, 9.17) is 17.3 Å². The van der Waals surface area contributed by atoms with Crippen molar-refractivity contribution in [1.82, 2.24) is 9.97 Å². The van der Waals surface area contributed by atoms with E-state index in [-0.39, 0.29) is 5.28 Å². The van der Waals surface area contributed by atoms with Crippen molar-refractivity contribution in [1.29, 1.82) is 0 Å². The quantitative estimate of drug-likeness (QED) is 0.814. The van der Waals surface area contributed by atoms with Gasteiger partial charge in [0.25, 0.3) is 0 Å². The number of anilines is 2. The average molecular weight is 255 g/mol. The fraction of sp³-hybridized carbons (Fsp3) is 0.667. The minimum atomic E-state index is 0.236. The maximum absolute atomic E-state index is 5.83. The van der Waals surface area contributed by atoms with Crippen molar-refractivity contribution in [2.45, 2.75) is 39.2 Å². The molecule has 1 fully saturated rings. The number of nitrogens with zero attached hydrogens (tertiary/aromatic N) is 2. The van der Waals surface area contributed by atoms with E-state index >= 15 is 0 Å². The molecular weight excluding hydrogens is 236 g/mol. The third-order valence-corrected chi connectivity index (χ3v) is 4.04. The lowest BCUT2D eigenvalue weighted by Gasteiger charge is -2.22. The Morgan fingerprint density at radius 3 is 2.94 bits per heavy atom. The number of hydrogen-bond donors (Lipinski definition) is 2. The van der Waals surface area contributed by atoms with Crippen molar-refractivity contribution < 1.29 is 0 Å². The zero-order valence-corrected chi connectivity index (χ0v) is 11.0. The molecule has 0 bridgehead atoms. The van der Waals surface area contributed by atoms with Gasteiger partial charge in [0.1, 0.15) is 0 Å². The highest BCUT2D eigenvalue weighted by Crippen LogP contribution is 2.36. The molecule has 3 unspecified atom stereocenters. The number of rotatable bonds is 3. The number of nitrogens with two attached hydrogens (primary N) is 1. The molecule has 94 valence electrons. The third-order valence-electron chi connectivity index (χ3n) is 3.86. The van der Waals surface area contributed by atoms with Gasteiger partial charge >= 0.3 is 0 Å². The summed E-state index contributed by atoms with van der Waals surface area (Å²) in [5.41, 5.74) is 6.39. The monoisotopic (exact) mass is 254 g/mol. The van der Waals surface area contributed by atoms with Crippen LogP contribution in [0, 0.1) is 11.8 Å². The van der Waals surface area contributed by atoms with Crippen LogP contribution in [-0.2, 0) is 0 Å². The van der Waals surface area contributed by atoms with Crippen LogP contribution in [0.3, 0.4) is 0 Å². The number of aromatic nitrogens is 2. The maximum atomic E-state index is 5.83. The smallest absolute Gasteiger partial charge is 0.224 e. The van der Waals surface area contributed by atoms with Gasteiger partial charge in [0.2, 0.25) is 5.28 Å². The second-order valence-electron chi connectivity index (χ2n) is 4.80. The van der Waals surface area contributed by atoms with E-state index in [1.54, 1.807) is 6.20 Å². The van der Waals surface area contributed by atoms with Gasteiger partial charge in [-0.15, -0.1) is 0 Å². The van der Waals surface area contributed by atoms with Gasteiger partial charge in [-0.3, -0.25) is 0 Å². The zero-order valence-electron chi connectivity index (χ0n) is 10.3. The molecule has 5 heteroatoms. The molecule has 3 N–H and O–H groups in total. The van der Waals surface area contributed by atoms with Gasteiger partial charge in [0.05, 0.1) is 11.9 Å². The Bertz CT molecular complexity index is 396. The lowest BCUT2D eigenvalue weighted by Crippen LogP contribution is -2.25. The van der Waals surface area contributed by atoms with Gasteiger partial charge in [-0.1, -0.05) is 20.3 Å². The molecule has 0 amide bonds. The van der Waals surface area contributed by atoms with E-state index in [1.165, 1.54) is 19.3 Å². The molecule has 1 aromatic rings. The molecule has 0 aliphatic heterocycles. The molecule has 0 aromatic carbocycles. The van der Waals surface area contributed by atoms with Crippen molar-refractivity contribution in [3.8, 4) is 0 Å². The molecule has 0 saturated heterocycles. The molecule has 1 aromatic heterocycles. The zero-order chi connectivity index (χ0) is 12.4. The van der Waals surface area contributed by atoms with Gasteiger partial charge in [-0.25, -0.2) is 4.98 Å². The Hall–Kier alpha value is -1.03. The first-order valence-corrected chi connectivity index (χ1v) is 6.54. The second-order valence-corrected chi connectivity index (χ2v) is 5.14. The van der Waals surface area contributed by atoms with Crippen molar-refractivity contribution in [3.05, 3.63) is 11.5 Å². The standard InChI is InChI=1S/C12H19ClN4/c1-3-8-4-5-10(7(8)2)16-11-9(14)6-15-12(13)17-11/h6-8,10H,3-5,14H2,1-2H3,(H,15,16,17). The van der Waals surface area contributed by atoms with Gasteiger partial charge in [-0.05, 0) is 36.3 Å². The molecule has 1 saturated carbocycles. The first-order valence-electron chi connectivity index (χ1n) is 6.16. The second kappa shape index (κ2) is 5.08. The highest BCUT2D eigenvalue weighted by atomic mass is 35.5. The van der Waals surface area contributed by atoms with Crippen LogP contribution in [0.4, 0.5) is 11.5 Å². The van der Waals surface area contributed by atoms with E-state index in [2.05, 4.69) is 29.1 Å². The molecular formula is C12H19ClN4. The van der Waals surface area contributed by atoms with Crippen molar-refractivity contribution in [2.75, 3.05) is 11.1 Å². The molecule has 0 radical (unpaired) electrons. The number of halogens is 1. The summed E-state index contributed by atoms with van der Waals surface area (Å²) in [6.07, 6.45) is 5.22. The van der Waals surface area contributed by atoms with Crippen LogP contribution >= 0.6 is 11.6 Å². The van der Waals surface area contributed by atoms with Crippen LogP contribution < -0.4 is 11.1 Å². The highest BCUT2D eigenvalue weighted by molar-refractivity contribution is 6.28. The lowest BCUT2D eigenvalue weighted by atomic mass is 9.93. The molecule has 2 rings (SSSR count). The highest BCUT2D eigenvalue weighted by Gasteiger charge is 2.31. The van der Waals surface area contributed by atoms with Crippen molar-refractivity contribution in [3.63, 3.8) is 0 Å². The topological polar surface area (TPSA) is 63.8 Å². The van der Waals surface area contributed by atoms with Crippen molar-refractivity contribution >= 4 is 23.1 Å². The van der Waals surface area contributed by atoms with Crippen LogP contribution in [-0.4, -0.2) is 16.0 Å². The molecule has 1 heterocycles. The fourth-order valence-corrected chi connectivity index (χ4v) is 2.82. The van der Waals surface area contributed by atoms with Crippen LogP contribution in [0.2, 0.25) is 5.28 Å². The number of hydrogen-bond acceptors (Lipinski definition) is 4. The summed E-state index contributed by atoms with van der Waals surface area (Å²) >= 11 is 5.78. The van der Waals surface area contributed by atoms with Crippen LogP contribution in [0.15, 0.2) is 6.20 Å². The summed E-state index contributed by atoms with van der Waals surface area (Å²) in [6.45, 7) is 4.54. The Labute approximate surface area is 107 Å². The molecule has 3 atom stereocenters. The van der Waals surface area contributed by atoms with E-state index < -0.39 is 0 Å². The Morgan fingerprint density at radius 1 is 1.53 bits per heavy atom. The Balaban J connectivity index is 2.09. The molecule has 17 heavy (non-hydrogen) atoms. The third kappa shape index (κ3) is 2.63. The average Bonchev–Trinajstić information content (AvgIpc) is 2.65. The molecule has 0 spiro atoms. The minimum absolute atomic E-state index is 0.236. The molecule has 4 nitrogen and oxygen atoms in total. The normalized spacial score (nSPS) is 28.3. The predicted molar refractivity (Wildman–Crippen MR) is 71.0 cm³/mol. The van der Waals surface area contributed by atoms with E-state index in [9.17, 15) is 0 Å². The van der Waals surface area contributed by atoms with E-state index in [1.807, 2.05) is 0 Å². The van der Waals surface area contributed by atoms with Crippen LogP contribution in [0.5, 0.6) is 0 Å². The van der Waals surface area contributed by atoms with Gasteiger partial charge in [0.15, 0.2) is 5.82 Å². The summed E-state index contributed by atoms with van der Waals surface area (Å²) in [7, 11) is 0. The lowest BCUT2D eigenvalue weighted by molar-refractivity contribution is 0.391. The van der Waals surface area contributed by atoms with E-state index in [0.717, 1.165) is 5.92 Å². The van der Waals surface area contributed by atoms with Crippen molar-refractivity contribution in [2.24, 2.45) is 11.8 Å². The van der Waals surface area contributed by atoms with Crippen LogP contribution in [0.1, 0.15) is 33.1 Å².